The predicted molar refractivity (Wildman–Crippen MR) is 96.4 cm³/mol. The third-order valence-electron chi connectivity index (χ3n) is 3.88. The van der Waals surface area contributed by atoms with Crippen LogP contribution in [0.2, 0.25) is 0 Å². The highest BCUT2D eigenvalue weighted by atomic mass is 79.9. The van der Waals surface area contributed by atoms with Gasteiger partial charge in [-0.15, -0.1) is 0 Å². The Kier molecular flexibility index (Phi) is 4.79. The number of nitrogens with zero attached hydrogens (tertiary/aromatic N) is 2. The zero-order valence-electron chi connectivity index (χ0n) is 14.0. The minimum Gasteiger partial charge on any atom is -0.321 e. The number of anilines is 1. The summed E-state index contributed by atoms with van der Waals surface area (Å²) in [5.74, 6) is -0.508. The number of carbonyl (C=O) groups is 1. The van der Waals surface area contributed by atoms with E-state index in [2.05, 4.69) is 26.2 Å². The highest BCUT2D eigenvalue weighted by Gasteiger charge is 2.30. The van der Waals surface area contributed by atoms with Crippen molar-refractivity contribution in [1.29, 1.82) is 0 Å². The topological polar surface area (TPSA) is 46.4 Å². The van der Waals surface area contributed by atoms with Gasteiger partial charge in [-0.3, -0.25) is 9.20 Å². The van der Waals surface area contributed by atoms with Gasteiger partial charge in [-0.1, -0.05) is 13.0 Å². The van der Waals surface area contributed by atoms with Crippen LogP contribution in [0, 0.1) is 6.92 Å². The number of benzene rings is 1. The number of rotatable bonds is 3. The molecule has 0 aliphatic carbocycles. The third kappa shape index (κ3) is 3.46. The molecule has 3 aromatic rings. The lowest BCUT2D eigenvalue weighted by Crippen LogP contribution is -2.17. The molecule has 0 saturated heterocycles. The Hall–Kier alpha value is -2.35. The van der Waals surface area contributed by atoms with E-state index in [0.717, 1.165) is 22.2 Å². The van der Waals surface area contributed by atoms with Crippen molar-refractivity contribution in [2.75, 3.05) is 5.32 Å². The van der Waals surface area contributed by atoms with E-state index in [0.29, 0.717) is 23.5 Å². The number of aryl methyl sites for hydroxylation is 2. The van der Waals surface area contributed by atoms with Crippen LogP contribution < -0.4 is 5.32 Å². The summed E-state index contributed by atoms with van der Waals surface area (Å²) in [5.41, 5.74) is 1.64. The molecule has 0 aliphatic rings. The summed E-state index contributed by atoms with van der Waals surface area (Å²) in [4.78, 5) is 17.3. The van der Waals surface area contributed by atoms with Crippen LogP contribution in [0.4, 0.5) is 18.9 Å². The Balaban J connectivity index is 2.03. The number of amides is 1. The highest BCUT2D eigenvalue weighted by Crippen LogP contribution is 2.31. The molecule has 8 heteroatoms. The van der Waals surface area contributed by atoms with Crippen LogP contribution in [-0.4, -0.2) is 15.3 Å². The maximum atomic E-state index is 12.9. The van der Waals surface area contributed by atoms with Crippen LogP contribution in [0.3, 0.4) is 0 Å². The molecular weight excluding hydrogens is 411 g/mol. The maximum absolute atomic E-state index is 12.9. The fourth-order valence-corrected chi connectivity index (χ4v) is 3.37. The fourth-order valence-electron chi connectivity index (χ4n) is 2.73. The van der Waals surface area contributed by atoms with Gasteiger partial charge >= 0.3 is 6.18 Å². The molecule has 3 rings (SSSR count). The van der Waals surface area contributed by atoms with Crippen molar-refractivity contribution in [2.24, 2.45) is 0 Å². The van der Waals surface area contributed by atoms with Gasteiger partial charge < -0.3 is 5.32 Å². The first-order chi connectivity index (χ1) is 12.2. The van der Waals surface area contributed by atoms with Gasteiger partial charge in [0, 0.05) is 11.9 Å². The average Bonchev–Trinajstić information content (AvgIpc) is 2.93. The molecule has 0 aliphatic heterocycles. The molecule has 0 spiro atoms. The third-order valence-corrected chi connectivity index (χ3v) is 4.47. The Morgan fingerprint density at radius 1 is 1.31 bits per heavy atom. The smallest absolute Gasteiger partial charge is 0.321 e. The van der Waals surface area contributed by atoms with Crippen LogP contribution >= 0.6 is 15.9 Å². The molecule has 0 unspecified atom stereocenters. The molecule has 2 aromatic heterocycles. The van der Waals surface area contributed by atoms with Crippen molar-refractivity contribution >= 4 is 33.2 Å². The summed E-state index contributed by atoms with van der Waals surface area (Å²) >= 11 is 3.43. The number of fused-ring (bicyclic) bond motifs is 1. The van der Waals surface area contributed by atoms with Crippen LogP contribution in [0.15, 0.2) is 41.0 Å². The number of pyridine rings is 1. The van der Waals surface area contributed by atoms with Gasteiger partial charge in [-0.2, -0.15) is 13.2 Å². The first-order valence-electron chi connectivity index (χ1n) is 7.86. The van der Waals surface area contributed by atoms with Gasteiger partial charge in [-0.25, -0.2) is 4.98 Å². The number of halogens is 4. The van der Waals surface area contributed by atoms with Crippen molar-refractivity contribution in [2.45, 2.75) is 26.4 Å². The van der Waals surface area contributed by atoms with E-state index in [-0.39, 0.29) is 5.69 Å². The molecule has 2 heterocycles. The number of carbonyl (C=O) groups excluding carboxylic acids is 1. The second kappa shape index (κ2) is 6.75. The Labute approximate surface area is 156 Å². The molecule has 0 radical (unpaired) electrons. The monoisotopic (exact) mass is 425 g/mol. The standard InChI is InChI=1S/C18H15BrF3N3O/c1-3-14-15(25-9-10(2)7-13(19)16(25)24-14)17(26)23-12-6-4-5-11(8-12)18(20,21)22/h4-9H,3H2,1-2H3,(H,23,26). The lowest BCUT2D eigenvalue weighted by molar-refractivity contribution is -0.137. The summed E-state index contributed by atoms with van der Waals surface area (Å²) in [6.07, 6.45) is -2.19. The Morgan fingerprint density at radius 3 is 2.69 bits per heavy atom. The lowest BCUT2D eigenvalue weighted by atomic mass is 10.2. The van der Waals surface area contributed by atoms with E-state index in [1.807, 2.05) is 19.9 Å². The van der Waals surface area contributed by atoms with Gasteiger partial charge in [0.15, 0.2) is 5.65 Å². The number of imidazole rings is 1. The summed E-state index contributed by atoms with van der Waals surface area (Å²) in [6.45, 7) is 3.74. The second-order valence-corrected chi connectivity index (χ2v) is 6.71. The quantitative estimate of drug-likeness (QED) is 0.623. The zero-order chi connectivity index (χ0) is 19.1. The Morgan fingerprint density at radius 2 is 2.04 bits per heavy atom. The number of aromatic nitrogens is 2. The van der Waals surface area contributed by atoms with Crippen LogP contribution in [-0.2, 0) is 12.6 Å². The minimum absolute atomic E-state index is 0.0774. The summed E-state index contributed by atoms with van der Waals surface area (Å²) in [6, 6.07) is 6.43. The molecule has 1 N–H and O–H groups in total. The van der Waals surface area contributed by atoms with Gasteiger partial charge in [-0.05, 0) is 59.1 Å². The first-order valence-corrected chi connectivity index (χ1v) is 8.65. The van der Waals surface area contributed by atoms with Crippen molar-refractivity contribution < 1.29 is 18.0 Å². The van der Waals surface area contributed by atoms with E-state index in [9.17, 15) is 18.0 Å². The molecule has 26 heavy (non-hydrogen) atoms. The van der Waals surface area contributed by atoms with E-state index in [1.54, 1.807) is 10.6 Å². The number of hydrogen-bond donors (Lipinski definition) is 1. The fraction of sp³-hybridized carbons (Fsp3) is 0.222. The van der Waals surface area contributed by atoms with Crippen LogP contribution in [0.25, 0.3) is 5.65 Å². The van der Waals surface area contributed by atoms with E-state index < -0.39 is 17.6 Å². The van der Waals surface area contributed by atoms with Crippen molar-refractivity contribution in [3.05, 3.63) is 63.5 Å². The maximum Gasteiger partial charge on any atom is 0.416 e. The second-order valence-electron chi connectivity index (χ2n) is 5.85. The minimum atomic E-state index is -4.47. The molecule has 0 atom stereocenters. The lowest BCUT2D eigenvalue weighted by Gasteiger charge is -2.10. The molecule has 4 nitrogen and oxygen atoms in total. The van der Waals surface area contributed by atoms with Gasteiger partial charge in [0.25, 0.3) is 5.91 Å². The molecule has 0 bridgehead atoms. The average molecular weight is 426 g/mol. The SMILES string of the molecule is CCc1nc2c(Br)cc(C)cn2c1C(=O)Nc1cccc(C(F)(F)F)c1. The normalized spacial score (nSPS) is 11.8. The summed E-state index contributed by atoms with van der Waals surface area (Å²) in [5, 5.41) is 2.55. The highest BCUT2D eigenvalue weighted by molar-refractivity contribution is 9.10. The number of nitrogens with one attached hydrogen (secondary N) is 1. The first kappa shape index (κ1) is 18.4. The van der Waals surface area contributed by atoms with Gasteiger partial charge in [0.2, 0.25) is 0 Å². The molecule has 0 saturated carbocycles. The van der Waals surface area contributed by atoms with Crippen molar-refractivity contribution in [3.63, 3.8) is 0 Å². The predicted octanol–water partition coefficient (Wildman–Crippen LogP) is 5.24. The Bertz CT molecular complexity index is 995. The summed E-state index contributed by atoms with van der Waals surface area (Å²) < 4.78 is 41.0. The summed E-state index contributed by atoms with van der Waals surface area (Å²) in [7, 11) is 0. The molecule has 1 aromatic carbocycles. The van der Waals surface area contributed by atoms with E-state index in [4.69, 9.17) is 0 Å². The van der Waals surface area contributed by atoms with Crippen LogP contribution in [0.1, 0.15) is 34.2 Å². The molecule has 136 valence electrons. The van der Waals surface area contributed by atoms with Gasteiger partial charge in [0.05, 0.1) is 15.7 Å². The number of hydrogen-bond acceptors (Lipinski definition) is 2. The van der Waals surface area contributed by atoms with E-state index >= 15 is 0 Å². The molecule has 0 fully saturated rings. The molecule has 1 amide bonds. The van der Waals surface area contributed by atoms with Gasteiger partial charge in [0.1, 0.15) is 5.69 Å². The van der Waals surface area contributed by atoms with Crippen molar-refractivity contribution in [1.82, 2.24) is 9.38 Å². The van der Waals surface area contributed by atoms with E-state index in [1.165, 1.54) is 12.1 Å². The zero-order valence-corrected chi connectivity index (χ0v) is 15.6. The largest absolute Gasteiger partial charge is 0.416 e. The van der Waals surface area contributed by atoms with Crippen molar-refractivity contribution in [3.8, 4) is 0 Å². The number of alkyl halides is 3. The van der Waals surface area contributed by atoms with Crippen LogP contribution in [0.5, 0.6) is 0 Å². The molecular formula is C18H15BrF3N3O.